The van der Waals surface area contributed by atoms with Crippen LogP contribution >= 0.6 is 0 Å². The largest absolute Gasteiger partial charge is 0.465 e. The van der Waals surface area contributed by atoms with E-state index in [1.807, 2.05) is 0 Å². The van der Waals surface area contributed by atoms with E-state index in [0.29, 0.717) is 11.3 Å². The Morgan fingerprint density at radius 3 is 2.58 bits per heavy atom. The molecule has 7 nitrogen and oxygen atoms in total. The second-order valence-corrected chi connectivity index (χ2v) is 3.90. The number of carbonyl (C=O) groups is 3. The Balaban J connectivity index is 2.08. The Labute approximate surface area is 109 Å². The number of imide groups is 1. The van der Waals surface area contributed by atoms with E-state index >= 15 is 0 Å². The van der Waals surface area contributed by atoms with Crippen LogP contribution in [0.15, 0.2) is 18.3 Å². The van der Waals surface area contributed by atoms with Gasteiger partial charge >= 0.3 is 5.97 Å². The van der Waals surface area contributed by atoms with Crippen LogP contribution in [0.2, 0.25) is 0 Å². The first-order valence-corrected chi connectivity index (χ1v) is 5.56. The van der Waals surface area contributed by atoms with E-state index in [4.69, 9.17) is 4.74 Å². The minimum absolute atomic E-state index is 0.0719. The van der Waals surface area contributed by atoms with Crippen LogP contribution in [0.1, 0.15) is 16.1 Å². The van der Waals surface area contributed by atoms with Crippen molar-refractivity contribution in [3.05, 3.63) is 29.6 Å². The van der Waals surface area contributed by atoms with Crippen LogP contribution in [0.3, 0.4) is 0 Å². The molecular weight excluding hydrogens is 252 g/mol. The van der Waals surface area contributed by atoms with Crippen molar-refractivity contribution in [1.29, 1.82) is 0 Å². The van der Waals surface area contributed by atoms with Gasteiger partial charge < -0.3 is 9.47 Å². The van der Waals surface area contributed by atoms with Gasteiger partial charge in [-0.2, -0.15) is 0 Å². The van der Waals surface area contributed by atoms with Gasteiger partial charge in [-0.1, -0.05) is 0 Å². The molecule has 0 radical (unpaired) electrons. The van der Waals surface area contributed by atoms with Gasteiger partial charge in [-0.25, -0.2) is 4.79 Å². The Morgan fingerprint density at radius 2 is 2.05 bits per heavy atom. The second kappa shape index (κ2) is 5.57. The lowest BCUT2D eigenvalue weighted by Crippen LogP contribution is -2.45. The number of rotatable bonds is 3. The highest BCUT2D eigenvalue weighted by atomic mass is 16.5. The van der Waals surface area contributed by atoms with Gasteiger partial charge in [0, 0.05) is 6.20 Å². The summed E-state index contributed by atoms with van der Waals surface area (Å²) in [6, 6.07) is 3.10. The maximum Gasteiger partial charge on any atom is 0.339 e. The molecule has 0 N–H and O–H groups in total. The lowest BCUT2D eigenvalue weighted by Gasteiger charge is -2.24. The number of nitrogens with zero attached hydrogens (tertiary/aromatic N) is 2. The first-order valence-electron chi connectivity index (χ1n) is 5.56. The second-order valence-electron chi connectivity index (χ2n) is 3.90. The summed E-state index contributed by atoms with van der Waals surface area (Å²) in [6.07, 6.45) is 1.34. The Morgan fingerprint density at radius 1 is 1.37 bits per heavy atom. The Hall–Kier alpha value is -2.28. The molecule has 0 spiro atoms. The Kier molecular flexibility index (Phi) is 3.86. The zero-order valence-electron chi connectivity index (χ0n) is 10.3. The summed E-state index contributed by atoms with van der Waals surface area (Å²) in [5.41, 5.74) is 0.821. The number of ether oxygens (including phenoxy) is 2. The highest BCUT2D eigenvalue weighted by Gasteiger charge is 2.26. The van der Waals surface area contributed by atoms with Gasteiger partial charge in [0.15, 0.2) is 0 Å². The smallest absolute Gasteiger partial charge is 0.339 e. The number of morpholine rings is 1. The van der Waals surface area contributed by atoms with Crippen molar-refractivity contribution in [2.24, 2.45) is 0 Å². The summed E-state index contributed by atoms with van der Waals surface area (Å²) in [5, 5.41) is 0. The van der Waals surface area contributed by atoms with Crippen LogP contribution in [0.4, 0.5) is 0 Å². The third-order valence-corrected chi connectivity index (χ3v) is 2.62. The average molecular weight is 264 g/mol. The van der Waals surface area contributed by atoms with E-state index in [2.05, 4.69) is 9.72 Å². The highest BCUT2D eigenvalue weighted by Crippen LogP contribution is 2.08. The quantitative estimate of drug-likeness (QED) is 0.553. The van der Waals surface area contributed by atoms with Gasteiger partial charge in [0.05, 0.1) is 24.9 Å². The van der Waals surface area contributed by atoms with Gasteiger partial charge in [0.1, 0.15) is 13.2 Å². The van der Waals surface area contributed by atoms with E-state index in [1.54, 1.807) is 6.07 Å². The number of pyridine rings is 1. The summed E-state index contributed by atoms with van der Waals surface area (Å²) in [7, 11) is 1.28. The van der Waals surface area contributed by atoms with Crippen LogP contribution in [0.25, 0.3) is 0 Å². The van der Waals surface area contributed by atoms with Crippen molar-refractivity contribution >= 4 is 17.8 Å². The third kappa shape index (κ3) is 2.94. The van der Waals surface area contributed by atoms with Gasteiger partial charge in [-0.15, -0.1) is 0 Å². The van der Waals surface area contributed by atoms with E-state index in [-0.39, 0.29) is 19.8 Å². The predicted molar refractivity (Wildman–Crippen MR) is 62.0 cm³/mol. The summed E-state index contributed by atoms with van der Waals surface area (Å²) < 4.78 is 9.35. The topological polar surface area (TPSA) is 85.8 Å². The molecule has 1 aromatic heterocycles. The van der Waals surface area contributed by atoms with Crippen molar-refractivity contribution in [3.8, 4) is 0 Å². The number of hydrogen-bond donors (Lipinski definition) is 0. The lowest BCUT2D eigenvalue weighted by molar-refractivity contribution is -0.159. The van der Waals surface area contributed by atoms with Gasteiger partial charge in [0.25, 0.3) is 11.8 Å². The van der Waals surface area contributed by atoms with Crippen LogP contribution < -0.4 is 0 Å². The fourth-order valence-electron chi connectivity index (χ4n) is 1.62. The van der Waals surface area contributed by atoms with Crippen LogP contribution in [-0.2, 0) is 25.6 Å². The molecule has 0 atom stereocenters. The maximum atomic E-state index is 11.5. The summed E-state index contributed by atoms with van der Waals surface area (Å²) in [5.74, 6) is -1.28. The number of esters is 1. The van der Waals surface area contributed by atoms with Crippen molar-refractivity contribution in [3.63, 3.8) is 0 Å². The zero-order chi connectivity index (χ0) is 13.8. The van der Waals surface area contributed by atoms with Crippen LogP contribution in [0.5, 0.6) is 0 Å². The van der Waals surface area contributed by atoms with E-state index < -0.39 is 17.8 Å². The fraction of sp³-hybridized carbons (Fsp3) is 0.333. The number of carbonyl (C=O) groups excluding carboxylic acids is 3. The average Bonchev–Trinajstić information content (AvgIpc) is 2.43. The molecule has 1 aliphatic rings. The molecular formula is C12H12N2O5. The third-order valence-electron chi connectivity index (χ3n) is 2.62. The standard InChI is InChI=1S/C12H12N2O5/c1-18-12(17)8-2-3-9(13-4-8)5-14-10(15)6-19-7-11(14)16/h2-4H,5-7H2,1H3. The van der Waals surface area contributed by atoms with Crippen molar-refractivity contribution < 1.29 is 23.9 Å². The normalized spacial score (nSPS) is 15.5. The maximum absolute atomic E-state index is 11.5. The van der Waals surface area contributed by atoms with E-state index in [9.17, 15) is 14.4 Å². The zero-order valence-corrected chi connectivity index (χ0v) is 10.3. The first kappa shape index (κ1) is 13.2. The van der Waals surface area contributed by atoms with Gasteiger partial charge in [0.2, 0.25) is 0 Å². The molecule has 0 aromatic carbocycles. The minimum atomic E-state index is -0.488. The molecule has 1 aliphatic heterocycles. The van der Waals surface area contributed by atoms with Gasteiger partial charge in [-0.3, -0.25) is 19.5 Å². The molecule has 1 fully saturated rings. The highest BCUT2D eigenvalue weighted by molar-refractivity contribution is 5.98. The molecule has 0 bridgehead atoms. The molecule has 0 unspecified atom stereocenters. The molecule has 2 rings (SSSR count). The van der Waals surface area contributed by atoms with Gasteiger partial charge in [-0.05, 0) is 12.1 Å². The molecule has 100 valence electrons. The number of hydrogen-bond acceptors (Lipinski definition) is 6. The fourth-order valence-corrected chi connectivity index (χ4v) is 1.62. The number of aromatic nitrogens is 1. The van der Waals surface area contributed by atoms with Crippen LogP contribution in [0, 0.1) is 0 Å². The van der Waals surface area contributed by atoms with Crippen molar-refractivity contribution in [2.45, 2.75) is 6.54 Å². The molecule has 2 heterocycles. The molecule has 19 heavy (non-hydrogen) atoms. The molecule has 0 saturated carbocycles. The van der Waals surface area contributed by atoms with Crippen molar-refractivity contribution in [2.75, 3.05) is 20.3 Å². The Bertz CT molecular complexity index is 495. The molecule has 1 saturated heterocycles. The summed E-state index contributed by atoms with van der Waals surface area (Å²) in [4.78, 5) is 39.3. The van der Waals surface area contributed by atoms with E-state index in [1.165, 1.54) is 19.4 Å². The lowest BCUT2D eigenvalue weighted by atomic mass is 10.2. The molecule has 0 aliphatic carbocycles. The number of methoxy groups -OCH3 is 1. The minimum Gasteiger partial charge on any atom is -0.465 e. The van der Waals surface area contributed by atoms with Crippen molar-refractivity contribution in [1.82, 2.24) is 9.88 Å². The summed E-state index contributed by atoms with van der Waals surface area (Å²) >= 11 is 0. The molecule has 7 heteroatoms. The molecule has 2 amide bonds. The van der Waals surface area contributed by atoms with E-state index in [0.717, 1.165) is 4.90 Å². The number of amides is 2. The first-order chi connectivity index (χ1) is 9.11. The predicted octanol–water partition coefficient (Wildman–Crippen LogP) is -0.246. The van der Waals surface area contributed by atoms with Crippen LogP contribution in [-0.4, -0.2) is 48.0 Å². The summed E-state index contributed by atoms with van der Waals surface area (Å²) in [6.45, 7) is -0.138. The monoisotopic (exact) mass is 264 g/mol. The SMILES string of the molecule is COC(=O)c1ccc(CN2C(=O)COCC2=O)nc1. The molecule has 1 aromatic rings.